The Kier molecular flexibility index (Phi) is 3.82. The van der Waals surface area contributed by atoms with Crippen molar-refractivity contribution in [1.82, 2.24) is 4.31 Å². The van der Waals surface area contributed by atoms with Crippen LogP contribution < -0.4 is 0 Å². The average Bonchev–Trinajstić information content (AvgIpc) is 2.95. The molecule has 3 nitrogen and oxygen atoms in total. The van der Waals surface area contributed by atoms with Gasteiger partial charge in [0.1, 0.15) is 11.6 Å². The van der Waals surface area contributed by atoms with Gasteiger partial charge in [-0.2, -0.15) is 4.31 Å². The number of alkyl halides is 3. The fourth-order valence-electron chi connectivity index (χ4n) is 1.68. The molecule has 0 aromatic heterocycles. The molecule has 0 amide bonds. The number of benzene rings is 1. The van der Waals surface area contributed by atoms with Crippen molar-refractivity contribution < 1.29 is 12.8 Å². The molecule has 8 heteroatoms. The molecular formula is C10H9Cl3FNO2S. The van der Waals surface area contributed by atoms with Gasteiger partial charge in [-0.1, -0.05) is 46.9 Å². The Morgan fingerprint density at radius 3 is 2.33 bits per heavy atom. The average molecular weight is 333 g/mol. The van der Waals surface area contributed by atoms with Crippen LogP contribution in [0.4, 0.5) is 4.39 Å². The topological polar surface area (TPSA) is 37.1 Å². The van der Waals surface area contributed by atoms with E-state index in [1.807, 2.05) is 0 Å². The second kappa shape index (κ2) is 4.80. The van der Waals surface area contributed by atoms with Gasteiger partial charge in [-0.05, 0) is 17.7 Å². The molecule has 1 aliphatic rings. The minimum absolute atomic E-state index is 0.289. The van der Waals surface area contributed by atoms with Crippen molar-refractivity contribution in [3.8, 4) is 0 Å². The highest BCUT2D eigenvalue weighted by atomic mass is 35.6. The van der Waals surface area contributed by atoms with Crippen molar-refractivity contribution in [3.63, 3.8) is 0 Å². The molecule has 100 valence electrons. The van der Waals surface area contributed by atoms with Crippen LogP contribution >= 0.6 is 34.8 Å². The first-order valence-electron chi connectivity index (χ1n) is 5.01. The van der Waals surface area contributed by atoms with E-state index in [0.717, 1.165) is 5.56 Å². The molecule has 1 saturated heterocycles. The highest BCUT2D eigenvalue weighted by Crippen LogP contribution is 2.40. The molecular weight excluding hydrogens is 324 g/mol. The standard InChI is InChI=1S/C10H9Cl3FNO2S/c11-10(12,13)6-18(16,17)15-5-9(15)7-1-3-8(14)4-2-7/h1-4,9H,5-6H2. The molecule has 2 atom stereocenters. The highest BCUT2D eigenvalue weighted by molar-refractivity contribution is 7.89. The van der Waals surface area contributed by atoms with Gasteiger partial charge in [0.15, 0.2) is 0 Å². The predicted octanol–water partition coefficient (Wildman–Crippen LogP) is 2.88. The van der Waals surface area contributed by atoms with Gasteiger partial charge in [0, 0.05) is 6.54 Å². The molecule has 1 heterocycles. The van der Waals surface area contributed by atoms with Crippen LogP contribution in [0, 0.1) is 5.82 Å². The van der Waals surface area contributed by atoms with E-state index in [4.69, 9.17) is 34.8 Å². The Labute approximate surface area is 119 Å². The van der Waals surface area contributed by atoms with Crippen molar-refractivity contribution in [1.29, 1.82) is 0 Å². The molecule has 0 radical (unpaired) electrons. The van der Waals surface area contributed by atoms with Crippen LogP contribution in [0.3, 0.4) is 0 Å². The number of rotatable bonds is 3. The summed E-state index contributed by atoms with van der Waals surface area (Å²) in [4.78, 5) is 0. The molecule has 0 bridgehead atoms. The summed E-state index contributed by atoms with van der Waals surface area (Å²) in [5, 5.41) is 0. The number of nitrogens with zero attached hydrogens (tertiary/aromatic N) is 1. The maximum atomic E-state index is 12.7. The molecule has 1 aromatic rings. The third-order valence-electron chi connectivity index (χ3n) is 2.53. The summed E-state index contributed by atoms with van der Waals surface area (Å²) in [6, 6.07) is 5.37. The zero-order chi connectivity index (χ0) is 13.6. The summed E-state index contributed by atoms with van der Waals surface area (Å²) in [5.74, 6) is -0.933. The molecule has 0 spiro atoms. The van der Waals surface area contributed by atoms with E-state index in [1.165, 1.54) is 16.4 Å². The van der Waals surface area contributed by atoms with Crippen LogP contribution in [0.5, 0.6) is 0 Å². The molecule has 0 saturated carbocycles. The van der Waals surface area contributed by atoms with Crippen LogP contribution in [0.1, 0.15) is 11.6 Å². The first-order chi connectivity index (χ1) is 8.19. The van der Waals surface area contributed by atoms with E-state index in [1.54, 1.807) is 12.1 Å². The summed E-state index contributed by atoms with van der Waals surface area (Å²) in [6.45, 7) is 0.328. The molecule has 2 rings (SSSR count). The second-order valence-electron chi connectivity index (χ2n) is 4.01. The fourth-order valence-corrected chi connectivity index (χ4v) is 4.38. The highest BCUT2D eigenvalue weighted by Gasteiger charge is 2.47. The van der Waals surface area contributed by atoms with Crippen molar-refractivity contribution >= 4 is 44.8 Å². The summed E-state index contributed by atoms with van der Waals surface area (Å²) < 4.78 is 35.8. The van der Waals surface area contributed by atoms with E-state index in [-0.39, 0.29) is 11.9 Å². The van der Waals surface area contributed by atoms with Gasteiger partial charge in [0.05, 0.1) is 6.04 Å². The predicted molar refractivity (Wildman–Crippen MR) is 69.9 cm³/mol. The first-order valence-corrected chi connectivity index (χ1v) is 7.75. The Morgan fingerprint density at radius 2 is 1.83 bits per heavy atom. The zero-order valence-corrected chi connectivity index (χ0v) is 12.1. The number of halogens is 4. The third kappa shape index (κ3) is 3.48. The summed E-state index contributed by atoms with van der Waals surface area (Å²) in [7, 11) is -3.61. The number of hydrogen-bond acceptors (Lipinski definition) is 2. The minimum Gasteiger partial charge on any atom is -0.212 e. The van der Waals surface area contributed by atoms with E-state index in [9.17, 15) is 12.8 Å². The lowest BCUT2D eigenvalue weighted by molar-refractivity contribution is 0.554. The van der Waals surface area contributed by atoms with E-state index in [0.29, 0.717) is 6.54 Å². The lowest BCUT2D eigenvalue weighted by atomic mass is 10.2. The van der Waals surface area contributed by atoms with Gasteiger partial charge in [0.2, 0.25) is 13.8 Å². The fraction of sp³-hybridized carbons (Fsp3) is 0.400. The Bertz CT molecular complexity index is 541. The summed E-state index contributed by atoms with van der Waals surface area (Å²) in [6.07, 6.45) is 0. The smallest absolute Gasteiger partial charge is 0.212 e. The quantitative estimate of drug-likeness (QED) is 0.630. The number of sulfonamides is 1. The SMILES string of the molecule is O=S(=O)(CC(Cl)(Cl)Cl)N1CC1c1ccc(F)cc1. The molecule has 0 N–H and O–H groups in total. The van der Waals surface area contributed by atoms with Gasteiger partial charge in [0.25, 0.3) is 0 Å². The third-order valence-corrected chi connectivity index (χ3v) is 5.32. The van der Waals surface area contributed by atoms with Crippen LogP contribution in [0.15, 0.2) is 24.3 Å². The van der Waals surface area contributed by atoms with Gasteiger partial charge >= 0.3 is 0 Å². The Balaban J connectivity index is 2.09. The van der Waals surface area contributed by atoms with Crippen molar-refractivity contribution in [2.75, 3.05) is 12.3 Å². The first kappa shape index (κ1) is 14.3. The molecule has 2 unspecified atom stereocenters. The van der Waals surface area contributed by atoms with Gasteiger partial charge in [-0.15, -0.1) is 0 Å². The molecule has 18 heavy (non-hydrogen) atoms. The van der Waals surface area contributed by atoms with Gasteiger partial charge in [-0.25, -0.2) is 12.8 Å². The molecule has 1 aromatic carbocycles. The second-order valence-corrected chi connectivity index (χ2v) is 8.45. The van der Waals surface area contributed by atoms with Crippen LogP contribution in [-0.2, 0) is 10.0 Å². The summed E-state index contributed by atoms with van der Waals surface area (Å²) in [5.41, 5.74) is 0.726. The molecule has 1 aliphatic heterocycles. The van der Waals surface area contributed by atoms with Crippen LogP contribution in [0.25, 0.3) is 0 Å². The van der Waals surface area contributed by atoms with Gasteiger partial charge in [-0.3, -0.25) is 0 Å². The van der Waals surface area contributed by atoms with Gasteiger partial charge < -0.3 is 0 Å². The lowest BCUT2D eigenvalue weighted by Crippen LogP contribution is -2.25. The summed E-state index contributed by atoms with van der Waals surface area (Å²) >= 11 is 16.4. The maximum absolute atomic E-state index is 12.7. The molecule has 0 aliphatic carbocycles. The monoisotopic (exact) mass is 331 g/mol. The van der Waals surface area contributed by atoms with E-state index in [2.05, 4.69) is 0 Å². The van der Waals surface area contributed by atoms with Crippen molar-refractivity contribution in [3.05, 3.63) is 35.6 Å². The number of hydrogen-bond donors (Lipinski definition) is 0. The van der Waals surface area contributed by atoms with E-state index < -0.39 is 19.6 Å². The molecule has 1 fully saturated rings. The van der Waals surface area contributed by atoms with E-state index >= 15 is 0 Å². The maximum Gasteiger partial charge on any atom is 0.219 e. The van der Waals surface area contributed by atoms with Crippen LogP contribution in [-0.4, -0.2) is 28.8 Å². The van der Waals surface area contributed by atoms with Crippen molar-refractivity contribution in [2.24, 2.45) is 0 Å². The van der Waals surface area contributed by atoms with Crippen LogP contribution in [0.2, 0.25) is 0 Å². The minimum atomic E-state index is -3.61. The largest absolute Gasteiger partial charge is 0.219 e. The van der Waals surface area contributed by atoms with Crippen molar-refractivity contribution in [2.45, 2.75) is 9.83 Å². The Hall–Kier alpha value is -0.0700. The normalized spacial score (nSPS) is 24.0. The lowest BCUT2D eigenvalue weighted by Gasteiger charge is -2.12. The zero-order valence-electron chi connectivity index (χ0n) is 8.98. The Morgan fingerprint density at radius 1 is 1.28 bits per heavy atom.